The Labute approximate surface area is 149 Å². The van der Waals surface area contributed by atoms with Crippen molar-refractivity contribution in [3.8, 4) is 0 Å². The first-order chi connectivity index (χ1) is 11.8. The first-order valence-corrected chi connectivity index (χ1v) is 8.69. The predicted octanol–water partition coefficient (Wildman–Crippen LogP) is 1.52. The van der Waals surface area contributed by atoms with Gasteiger partial charge >= 0.3 is 0 Å². The van der Waals surface area contributed by atoms with Gasteiger partial charge in [-0.2, -0.15) is 0 Å². The number of benzene rings is 1. The van der Waals surface area contributed by atoms with E-state index < -0.39 is 5.41 Å². The molecule has 6 heteroatoms. The highest BCUT2D eigenvalue weighted by atomic mass is 16.2. The average Bonchev–Trinajstić information content (AvgIpc) is 2.61. The summed E-state index contributed by atoms with van der Waals surface area (Å²) in [6.45, 7) is 8.00. The lowest BCUT2D eigenvalue weighted by Crippen LogP contribution is -2.51. The van der Waals surface area contributed by atoms with Crippen molar-refractivity contribution in [3.63, 3.8) is 0 Å². The van der Waals surface area contributed by atoms with Crippen LogP contribution in [0.5, 0.6) is 0 Å². The minimum atomic E-state index is -0.452. The largest absolute Gasteiger partial charge is 0.355 e. The molecule has 1 aromatic carbocycles. The van der Waals surface area contributed by atoms with E-state index in [2.05, 4.69) is 5.32 Å². The highest BCUT2D eigenvalue weighted by Crippen LogP contribution is 2.12. The van der Waals surface area contributed by atoms with Gasteiger partial charge in [-0.05, 0) is 12.1 Å². The molecule has 1 fully saturated rings. The van der Waals surface area contributed by atoms with Gasteiger partial charge in [0, 0.05) is 50.1 Å². The zero-order valence-electron chi connectivity index (χ0n) is 15.2. The second-order valence-corrected chi connectivity index (χ2v) is 7.29. The van der Waals surface area contributed by atoms with Gasteiger partial charge in [-0.15, -0.1) is 0 Å². The lowest BCUT2D eigenvalue weighted by atomic mass is 9.96. The molecule has 0 saturated carbocycles. The van der Waals surface area contributed by atoms with Crippen molar-refractivity contribution in [3.05, 3.63) is 35.9 Å². The third kappa shape index (κ3) is 5.31. The van der Waals surface area contributed by atoms with E-state index in [1.807, 2.05) is 39.0 Å². The van der Waals surface area contributed by atoms with Crippen LogP contribution in [0.4, 0.5) is 0 Å². The smallest absolute Gasteiger partial charge is 0.253 e. The van der Waals surface area contributed by atoms with Crippen molar-refractivity contribution < 1.29 is 14.4 Å². The first kappa shape index (κ1) is 19.0. The van der Waals surface area contributed by atoms with Gasteiger partial charge in [0.05, 0.1) is 0 Å². The Bertz CT molecular complexity index is 615. The van der Waals surface area contributed by atoms with E-state index >= 15 is 0 Å². The van der Waals surface area contributed by atoms with Crippen molar-refractivity contribution >= 4 is 17.7 Å². The minimum absolute atomic E-state index is 0.00476. The van der Waals surface area contributed by atoms with E-state index in [9.17, 15) is 14.4 Å². The Morgan fingerprint density at radius 2 is 1.52 bits per heavy atom. The molecular weight excluding hydrogens is 318 g/mol. The molecule has 1 heterocycles. The van der Waals surface area contributed by atoms with Gasteiger partial charge in [-0.3, -0.25) is 14.4 Å². The van der Waals surface area contributed by atoms with Crippen molar-refractivity contribution in [1.82, 2.24) is 15.1 Å². The molecule has 2 rings (SSSR count). The number of carbonyl (C=O) groups excluding carboxylic acids is 3. The third-order valence-electron chi connectivity index (χ3n) is 4.25. The summed E-state index contributed by atoms with van der Waals surface area (Å²) in [5.74, 6) is -0.0373. The number of nitrogens with zero attached hydrogens (tertiary/aromatic N) is 2. The van der Waals surface area contributed by atoms with Gasteiger partial charge in [0.2, 0.25) is 11.8 Å². The fourth-order valence-corrected chi connectivity index (χ4v) is 2.63. The number of rotatable bonds is 4. The zero-order chi connectivity index (χ0) is 18.4. The summed E-state index contributed by atoms with van der Waals surface area (Å²) in [4.78, 5) is 40.0. The third-order valence-corrected chi connectivity index (χ3v) is 4.25. The molecule has 6 nitrogen and oxygen atoms in total. The molecular formula is C19H27N3O3. The van der Waals surface area contributed by atoms with Gasteiger partial charge in [0.15, 0.2) is 0 Å². The lowest BCUT2D eigenvalue weighted by molar-refractivity contribution is -0.133. The molecule has 1 N–H and O–H groups in total. The Morgan fingerprint density at radius 1 is 0.960 bits per heavy atom. The molecule has 0 atom stereocenters. The minimum Gasteiger partial charge on any atom is -0.355 e. The number of carbonyl (C=O) groups is 3. The molecule has 0 aliphatic carbocycles. The highest BCUT2D eigenvalue weighted by molar-refractivity contribution is 5.94. The van der Waals surface area contributed by atoms with Crippen molar-refractivity contribution in [1.29, 1.82) is 0 Å². The predicted molar refractivity (Wildman–Crippen MR) is 96.0 cm³/mol. The van der Waals surface area contributed by atoms with Crippen LogP contribution < -0.4 is 5.32 Å². The molecule has 0 bridgehead atoms. The van der Waals surface area contributed by atoms with Gasteiger partial charge in [0.1, 0.15) is 0 Å². The van der Waals surface area contributed by atoms with E-state index in [0.717, 1.165) is 0 Å². The normalized spacial score (nSPS) is 15.0. The Kier molecular flexibility index (Phi) is 6.17. The fraction of sp³-hybridized carbons (Fsp3) is 0.526. The van der Waals surface area contributed by atoms with Crippen LogP contribution >= 0.6 is 0 Å². The van der Waals surface area contributed by atoms with Crippen LogP contribution in [0.1, 0.15) is 37.6 Å². The summed E-state index contributed by atoms with van der Waals surface area (Å²) in [6.07, 6.45) is 0.286. The molecule has 0 aromatic heterocycles. The van der Waals surface area contributed by atoms with Crippen LogP contribution in [-0.2, 0) is 9.59 Å². The molecule has 1 saturated heterocycles. The van der Waals surface area contributed by atoms with Crippen LogP contribution in [-0.4, -0.2) is 60.2 Å². The maximum absolute atomic E-state index is 12.4. The Balaban J connectivity index is 1.75. The number of amides is 3. The number of piperazine rings is 1. The van der Waals surface area contributed by atoms with E-state index in [1.54, 1.807) is 21.9 Å². The highest BCUT2D eigenvalue weighted by Gasteiger charge is 2.25. The topological polar surface area (TPSA) is 69.7 Å². The summed E-state index contributed by atoms with van der Waals surface area (Å²) in [5.41, 5.74) is 0.221. The second-order valence-electron chi connectivity index (χ2n) is 7.29. The second kappa shape index (κ2) is 8.14. The summed E-state index contributed by atoms with van der Waals surface area (Å²) >= 11 is 0. The van der Waals surface area contributed by atoms with Crippen LogP contribution in [0.25, 0.3) is 0 Å². The Hall–Kier alpha value is -2.37. The van der Waals surface area contributed by atoms with Gasteiger partial charge in [-0.1, -0.05) is 39.0 Å². The molecule has 0 radical (unpaired) electrons. The van der Waals surface area contributed by atoms with Gasteiger partial charge < -0.3 is 15.1 Å². The van der Waals surface area contributed by atoms with Gasteiger partial charge in [0.25, 0.3) is 5.91 Å². The summed E-state index contributed by atoms with van der Waals surface area (Å²) < 4.78 is 0. The molecule has 3 amide bonds. The standard InChI is InChI=1S/C19H27N3O3/c1-19(2,3)18(25)20-10-9-16(23)21-11-13-22(14-12-21)17(24)15-7-5-4-6-8-15/h4-8H,9-14H2,1-3H3,(H,20,25). The van der Waals surface area contributed by atoms with Crippen LogP contribution in [0.3, 0.4) is 0 Å². The van der Waals surface area contributed by atoms with E-state index in [1.165, 1.54) is 0 Å². The molecule has 25 heavy (non-hydrogen) atoms. The number of hydrogen-bond donors (Lipinski definition) is 1. The summed E-state index contributed by atoms with van der Waals surface area (Å²) in [6, 6.07) is 9.18. The monoisotopic (exact) mass is 345 g/mol. The van der Waals surface area contributed by atoms with E-state index in [4.69, 9.17) is 0 Å². The average molecular weight is 345 g/mol. The molecule has 136 valence electrons. The molecule has 1 aliphatic rings. The maximum Gasteiger partial charge on any atom is 0.253 e. The van der Waals surface area contributed by atoms with Crippen LogP contribution in [0, 0.1) is 5.41 Å². The summed E-state index contributed by atoms with van der Waals surface area (Å²) in [5, 5.41) is 2.79. The maximum atomic E-state index is 12.4. The molecule has 1 aliphatic heterocycles. The quantitative estimate of drug-likeness (QED) is 0.900. The summed E-state index contributed by atoms with van der Waals surface area (Å²) in [7, 11) is 0. The van der Waals surface area contributed by atoms with Gasteiger partial charge in [-0.25, -0.2) is 0 Å². The lowest BCUT2D eigenvalue weighted by Gasteiger charge is -2.35. The molecule has 1 aromatic rings. The fourth-order valence-electron chi connectivity index (χ4n) is 2.63. The van der Waals surface area contributed by atoms with Crippen molar-refractivity contribution in [2.75, 3.05) is 32.7 Å². The van der Waals surface area contributed by atoms with Crippen molar-refractivity contribution in [2.24, 2.45) is 5.41 Å². The first-order valence-electron chi connectivity index (χ1n) is 8.69. The van der Waals surface area contributed by atoms with E-state index in [-0.39, 0.29) is 24.1 Å². The Morgan fingerprint density at radius 3 is 2.08 bits per heavy atom. The van der Waals surface area contributed by atoms with Crippen molar-refractivity contribution in [2.45, 2.75) is 27.2 Å². The SMILES string of the molecule is CC(C)(C)C(=O)NCCC(=O)N1CCN(C(=O)c2ccccc2)CC1. The number of nitrogens with one attached hydrogen (secondary N) is 1. The number of hydrogen-bond acceptors (Lipinski definition) is 3. The molecule has 0 unspecified atom stereocenters. The zero-order valence-corrected chi connectivity index (χ0v) is 15.2. The van der Waals surface area contributed by atoms with E-state index in [0.29, 0.717) is 38.3 Å². The van der Waals surface area contributed by atoms with Crippen LogP contribution in [0.15, 0.2) is 30.3 Å². The molecule has 0 spiro atoms. The van der Waals surface area contributed by atoms with Crippen LogP contribution in [0.2, 0.25) is 0 Å².